The maximum Gasteiger partial charge on any atom is 0.0682 e. The largest absolute Gasteiger partial charge is 0.133 e. The fourth-order valence-corrected chi connectivity index (χ4v) is 10.8. The van der Waals surface area contributed by atoms with Gasteiger partial charge in [0, 0.05) is 20.6 Å². The molecule has 1 aromatic heterocycles. The van der Waals surface area contributed by atoms with Gasteiger partial charge in [-0.25, -0.2) is 0 Å². The molecule has 1 aromatic rings. The first-order chi connectivity index (χ1) is 9.40. The number of thioether (sulfide) groups is 6. The topological polar surface area (TPSA) is 0 Å². The monoisotopic (exact) mass is 376 g/mol. The third kappa shape index (κ3) is 2.84. The molecular weight excluding hydrogens is 369 g/mol. The Balaban J connectivity index is 1.70. The van der Waals surface area contributed by atoms with Crippen LogP contribution in [0.3, 0.4) is 0 Å². The number of rotatable bonds is 0. The molecule has 0 nitrogen and oxygen atoms in total. The van der Waals surface area contributed by atoms with Crippen molar-refractivity contribution < 1.29 is 0 Å². The number of hydrogen-bond donors (Lipinski definition) is 0. The molecule has 0 aromatic carbocycles. The van der Waals surface area contributed by atoms with E-state index in [9.17, 15) is 0 Å². The molecule has 0 fully saturated rings. The van der Waals surface area contributed by atoms with E-state index in [0.717, 1.165) is 0 Å². The summed E-state index contributed by atoms with van der Waals surface area (Å²) in [7, 11) is 0. The van der Waals surface area contributed by atoms with E-state index in [1.165, 1.54) is 37.5 Å². The third-order valence-corrected chi connectivity index (χ3v) is 12.1. The van der Waals surface area contributed by atoms with Crippen LogP contribution < -0.4 is 9.06 Å². The molecule has 4 rings (SSSR count). The van der Waals surface area contributed by atoms with Gasteiger partial charge in [0.1, 0.15) is 0 Å². The summed E-state index contributed by atoms with van der Waals surface area (Å²) in [4.78, 5) is 0. The Morgan fingerprint density at radius 3 is 1.89 bits per heavy atom. The number of hydrogen-bond acceptors (Lipinski definition) is 7. The molecule has 3 aliphatic heterocycles. The van der Waals surface area contributed by atoms with Crippen molar-refractivity contribution in [1.82, 2.24) is 0 Å². The zero-order chi connectivity index (χ0) is 12.7. The summed E-state index contributed by atoms with van der Waals surface area (Å²) in [5.41, 5.74) is 0. The highest BCUT2D eigenvalue weighted by Crippen LogP contribution is 2.59. The van der Waals surface area contributed by atoms with E-state index >= 15 is 0 Å². The fourth-order valence-electron chi connectivity index (χ4n) is 1.70. The molecule has 0 spiro atoms. The van der Waals surface area contributed by atoms with Crippen molar-refractivity contribution >= 4 is 90.4 Å². The molecule has 4 heterocycles. The van der Waals surface area contributed by atoms with Crippen LogP contribution in [0.25, 0.3) is 8.47 Å². The lowest BCUT2D eigenvalue weighted by Gasteiger charge is -2.08. The fraction of sp³-hybridized carbons (Fsp3) is 0.167. The van der Waals surface area contributed by atoms with Gasteiger partial charge in [0.25, 0.3) is 0 Å². The van der Waals surface area contributed by atoms with Gasteiger partial charge in [-0.05, 0) is 22.9 Å². The molecule has 0 saturated carbocycles. The molecule has 0 N–H and O–H groups in total. The summed E-state index contributed by atoms with van der Waals surface area (Å²) >= 11 is 13.6. The van der Waals surface area contributed by atoms with Crippen molar-refractivity contribution in [3.05, 3.63) is 40.5 Å². The molecule has 0 amide bonds. The third-order valence-electron chi connectivity index (χ3n) is 2.50. The van der Waals surface area contributed by atoms with Crippen molar-refractivity contribution in [2.24, 2.45) is 0 Å². The maximum absolute atomic E-state index is 2.29. The summed E-state index contributed by atoms with van der Waals surface area (Å²) < 4.78 is 8.81. The lowest BCUT2D eigenvalue weighted by atomic mass is 10.6. The van der Waals surface area contributed by atoms with E-state index in [0.29, 0.717) is 0 Å². The second kappa shape index (κ2) is 6.02. The van der Waals surface area contributed by atoms with Gasteiger partial charge >= 0.3 is 0 Å². The van der Waals surface area contributed by atoms with E-state index < -0.39 is 0 Å². The number of thiophene rings is 1. The molecule has 0 saturated heterocycles. The van der Waals surface area contributed by atoms with Gasteiger partial charge in [-0.3, -0.25) is 0 Å². The summed E-state index contributed by atoms with van der Waals surface area (Å²) in [5, 5.41) is 4.33. The molecule has 0 aliphatic carbocycles. The Morgan fingerprint density at radius 2 is 1.26 bits per heavy atom. The Hall–Kier alpha value is 1.02. The van der Waals surface area contributed by atoms with Crippen molar-refractivity contribution in [2.75, 3.05) is 11.5 Å². The molecule has 0 unspecified atom stereocenters. The first kappa shape index (κ1) is 13.7. The summed E-state index contributed by atoms with van der Waals surface area (Å²) in [6.07, 6.45) is 0. The molecule has 0 atom stereocenters. The van der Waals surface area contributed by atoms with E-state index in [1.54, 1.807) is 0 Å². The van der Waals surface area contributed by atoms with Gasteiger partial charge in [-0.2, -0.15) is 0 Å². The molecule has 19 heavy (non-hydrogen) atoms. The highest BCUT2D eigenvalue weighted by Gasteiger charge is 2.25. The van der Waals surface area contributed by atoms with E-state index in [4.69, 9.17) is 0 Å². The minimum atomic E-state index is 1.26. The normalized spacial score (nSPS) is 22.5. The van der Waals surface area contributed by atoms with E-state index in [-0.39, 0.29) is 0 Å². The summed E-state index contributed by atoms with van der Waals surface area (Å²) in [6.45, 7) is 0. The van der Waals surface area contributed by atoms with Gasteiger partial charge < -0.3 is 0 Å². The molecule has 0 radical (unpaired) electrons. The Morgan fingerprint density at radius 1 is 0.684 bits per heavy atom. The standard InChI is InChI=1S/C12H8S7/c1-2-8(17-7(1)9-13-3-4-14-9)10-18-11-12(19-10)16-6-5-15-11/h1-4H,5-6H2. The Bertz CT molecular complexity index is 664. The quantitative estimate of drug-likeness (QED) is 0.626. The molecular formula is C12H8S7. The first-order valence-electron chi connectivity index (χ1n) is 5.58. The van der Waals surface area contributed by atoms with Crippen molar-refractivity contribution in [3.63, 3.8) is 0 Å². The van der Waals surface area contributed by atoms with Crippen LogP contribution in [0.1, 0.15) is 0 Å². The predicted octanol–water partition coefficient (Wildman–Crippen LogP) is 4.92. The highest BCUT2D eigenvalue weighted by atomic mass is 32.3. The minimum absolute atomic E-state index is 1.26. The van der Waals surface area contributed by atoms with E-state index in [1.807, 2.05) is 81.9 Å². The van der Waals surface area contributed by atoms with Crippen LogP contribution >= 0.6 is 81.9 Å². The Kier molecular flexibility index (Phi) is 4.33. The van der Waals surface area contributed by atoms with Gasteiger partial charge in [0.2, 0.25) is 0 Å². The summed E-state index contributed by atoms with van der Waals surface area (Å²) in [6, 6.07) is 4.56. The van der Waals surface area contributed by atoms with Crippen molar-refractivity contribution in [2.45, 2.75) is 0 Å². The van der Waals surface area contributed by atoms with Crippen LogP contribution in [-0.2, 0) is 0 Å². The van der Waals surface area contributed by atoms with E-state index in [2.05, 4.69) is 22.9 Å². The predicted molar refractivity (Wildman–Crippen MR) is 102 cm³/mol. The van der Waals surface area contributed by atoms with Gasteiger partial charge in [0.15, 0.2) is 0 Å². The average molecular weight is 377 g/mol. The maximum atomic E-state index is 2.29. The first-order valence-corrected chi connectivity index (χ1v) is 11.8. The van der Waals surface area contributed by atoms with Crippen molar-refractivity contribution in [3.8, 4) is 0 Å². The van der Waals surface area contributed by atoms with Gasteiger partial charge in [0.05, 0.1) is 16.9 Å². The summed E-state index contributed by atoms with van der Waals surface area (Å²) in [5.74, 6) is 2.52. The van der Waals surface area contributed by atoms with Crippen LogP contribution in [0.15, 0.2) is 31.4 Å². The minimum Gasteiger partial charge on any atom is -0.133 e. The smallest absolute Gasteiger partial charge is 0.0682 e. The molecule has 98 valence electrons. The van der Waals surface area contributed by atoms with Crippen LogP contribution in [0, 0.1) is 0 Å². The molecule has 3 aliphatic rings. The van der Waals surface area contributed by atoms with Crippen LogP contribution in [0.4, 0.5) is 0 Å². The van der Waals surface area contributed by atoms with Crippen molar-refractivity contribution in [1.29, 1.82) is 0 Å². The zero-order valence-corrected chi connectivity index (χ0v) is 15.3. The SMILES string of the molecule is C1=CSC(=c2ccc(=C3SC4=C(SCCS4)S3)s2)S1. The molecule has 0 bridgehead atoms. The average Bonchev–Trinajstić information content (AvgIpc) is 3.17. The lowest BCUT2D eigenvalue weighted by Crippen LogP contribution is -1.95. The van der Waals surface area contributed by atoms with Crippen LogP contribution in [0.5, 0.6) is 0 Å². The van der Waals surface area contributed by atoms with Gasteiger partial charge in [-0.15, -0.1) is 34.9 Å². The van der Waals surface area contributed by atoms with Gasteiger partial charge in [-0.1, -0.05) is 47.0 Å². The second-order valence-electron chi connectivity index (χ2n) is 3.72. The lowest BCUT2D eigenvalue weighted by molar-refractivity contribution is 1.56. The van der Waals surface area contributed by atoms with Crippen LogP contribution in [-0.4, -0.2) is 11.5 Å². The van der Waals surface area contributed by atoms with Crippen LogP contribution in [0.2, 0.25) is 0 Å². The molecule has 7 heteroatoms. The highest BCUT2D eigenvalue weighted by molar-refractivity contribution is 8.46. The zero-order valence-electron chi connectivity index (χ0n) is 9.58. The second-order valence-corrected chi connectivity index (χ2v) is 11.9. The Labute approximate surface area is 141 Å².